The fraction of sp³-hybridized carbons (Fsp3) is 0.375. The Bertz CT molecular complexity index is 1360. The van der Waals surface area contributed by atoms with Gasteiger partial charge in [0.15, 0.2) is 5.65 Å². The Kier molecular flexibility index (Phi) is 7.61. The van der Waals surface area contributed by atoms with Gasteiger partial charge in [-0.2, -0.15) is 0 Å². The number of anilines is 1. The molecule has 0 unspecified atom stereocenters. The van der Waals surface area contributed by atoms with Crippen LogP contribution < -0.4 is 16.6 Å². The number of H-pyrrole nitrogens is 1. The number of amides is 2. The molecule has 2 amide bonds. The van der Waals surface area contributed by atoms with Crippen LogP contribution in [0, 0.1) is 5.92 Å². The first-order valence-corrected chi connectivity index (χ1v) is 11.8. The van der Waals surface area contributed by atoms with Crippen LogP contribution in [0.5, 0.6) is 0 Å². The van der Waals surface area contributed by atoms with Crippen LogP contribution in [0.4, 0.5) is 10.5 Å². The molecule has 0 spiro atoms. The molecular weight excluding hydrogens is 454 g/mol. The summed E-state index contributed by atoms with van der Waals surface area (Å²) in [5.41, 5.74) is 0.102. The summed E-state index contributed by atoms with van der Waals surface area (Å²) in [4.78, 5) is 60.0. The lowest BCUT2D eigenvalue weighted by Crippen LogP contribution is -2.33. The van der Waals surface area contributed by atoms with Gasteiger partial charge in [0.05, 0.1) is 16.6 Å². The minimum atomic E-state index is -0.668. The SMILES string of the molecule is CC(C)Cn1c(=O)[nH]c(=O)c2c(C(=O)Nc3ccccc3SC(=O)N(C)C)cc(C(C)C)nc21. The van der Waals surface area contributed by atoms with E-state index in [1.54, 1.807) is 44.4 Å². The number of aromatic nitrogens is 3. The molecule has 2 heterocycles. The van der Waals surface area contributed by atoms with E-state index in [4.69, 9.17) is 0 Å². The minimum Gasteiger partial charge on any atom is -0.339 e. The van der Waals surface area contributed by atoms with Crippen molar-refractivity contribution in [3.63, 3.8) is 0 Å². The second-order valence-electron chi connectivity index (χ2n) is 8.92. The molecule has 1 aromatic carbocycles. The normalized spacial score (nSPS) is 11.3. The number of pyridine rings is 1. The largest absolute Gasteiger partial charge is 0.339 e. The van der Waals surface area contributed by atoms with E-state index < -0.39 is 17.2 Å². The third-order valence-corrected chi connectivity index (χ3v) is 6.17. The number of nitrogens with one attached hydrogen (secondary N) is 2. The Morgan fingerprint density at radius 3 is 2.44 bits per heavy atom. The third-order valence-electron chi connectivity index (χ3n) is 5.05. The van der Waals surface area contributed by atoms with Crippen LogP contribution in [0.25, 0.3) is 11.0 Å². The zero-order chi connectivity index (χ0) is 25.2. The summed E-state index contributed by atoms with van der Waals surface area (Å²) in [6, 6.07) is 8.53. The lowest BCUT2D eigenvalue weighted by Gasteiger charge is -2.17. The molecule has 0 radical (unpaired) electrons. The molecule has 34 heavy (non-hydrogen) atoms. The van der Waals surface area contributed by atoms with Crippen LogP contribution in [0.1, 0.15) is 49.7 Å². The van der Waals surface area contributed by atoms with Gasteiger partial charge in [-0.25, -0.2) is 9.78 Å². The first kappa shape index (κ1) is 25.2. The van der Waals surface area contributed by atoms with E-state index in [1.807, 2.05) is 27.7 Å². The molecule has 0 atom stereocenters. The summed E-state index contributed by atoms with van der Waals surface area (Å²) >= 11 is 0.988. The van der Waals surface area contributed by atoms with Crippen molar-refractivity contribution in [1.29, 1.82) is 0 Å². The van der Waals surface area contributed by atoms with E-state index in [-0.39, 0.29) is 33.7 Å². The highest BCUT2D eigenvalue weighted by atomic mass is 32.2. The maximum absolute atomic E-state index is 13.5. The van der Waals surface area contributed by atoms with Crippen molar-refractivity contribution in [1.82, 2.24) is 19.4 Å². The van der Waals surface area contributed by atoms with Gasteiger partial charge in [-0.05, 0) is 41.8 Å². The average molecular weight is 484 g/mol. The van der Waals surface area contributed by atoms with Gasteiger partial charge in [-0.3, -0.25) is 23.9 Å². The Labute approximate surface area is 201 Å². The average Bonchev–Trinajstić information content (AvgIpc) is 2.76. The topological polar surface area (TPSA) is 117 Å². The van der Waals surface area contributed by atoms with Crippen LogP contribution in [-0.2, 0) is 6.54 Å². The molecule has 0 aliphatic carbocycles. The van der Waals surface area contributed by atoms with E-state index in [1.165, 1.54) is 9.47 Å². The number of benzene rings is 1. The zero-order valence-corrected chi connectivity index (χ0v) is 20.9. The quantitative estimate of drug-likeness (QED) is 0.514. The molecule has 0 fully saturated rings. The number of para-hydroxylation sites is 1. The van der Waals surface area contributed by atoms with Gasteiger partial charge in [0.2, 0.25) is 0 Å². The van der Waals surface area contributed by atoms with Gasteiger partial charge in [0.25, 0.3) is 16.7 Å². The third kappa shape index (κ3) is 5.39. The van der Waals surface area contributed by atoms with Crippen molar-refractivity contribution in [3.05, 3.63) is 62.4 Å². The summed E-state index contributed by atoms with van der Waals surface area (Å²) in [7, 11) is 3.30. The Morgan fingerprint density at radius 1 is 1.15 bits per heavy atom. The molecule has 2 N–H and O–H groups in total. The molecule has 0 bridgehead atoms. The molecule has 180 valence electrons. The molecule has 10 heteroatoms. The van der Waals surface area contributed by atoms with Gasteiger partial charge in [0, 0.05) is 31.2 Å². The minimum absolute atomic E-state index is 0.0432. The first-order chi connectivity index (χ1) is 16.0. The summed E-state index contributed by atoms with van der Waals surface area (Å²) < 4.78 is 1.41. The van der Waals surface area contributed by atoms with Crippen molar-refractivity contribution >= 4 is 39.6 Å². The van der Waals surface area contributed by atoms with Crippen molar-refractivity contribution in [2.75, 3.05) is 19.4 Å². The molecule has 0 saturated heterocycles. The fourth-order valence-corrected chi connectivity index (χ4v) is 4.08. The second-order valence-corrected chi connectivity index (χ2v) is 9.92. The lowest BCUT2D eigenvalue weighted by molar-refractivity contribution is 0.102. The summed E-state index contributed by atoms with van der Waals surface area (Å²) in [6.45, 7) is 8.09. The van der Waals surface area contributed by atoms with Gasteiger partial charge >= 0.3 is 5.69 Å². The monoisotopic (exact) mass is 483 g/mol. The van der Waals surface area contributed by atoms with E-state index in [0.717, 1.165) is 11.8 Å². The van der Waals surface area contributed by atoms with Gasteiger partial charge in [-0.15, -0.1) is 0 Å². The standard InChI is InChI=1S/C24H29N5O4S/c1-13(2)12-29-20-19(22(31)27-23(29)32)15(11-17(25-20)14(3)4)21(30)26-16-9-7-8-10-18(16)34-24(33)28(5)6/h7-11,13-14H,12H2,1-6H3,(H,26,30)(H,27,31,32). The van der Waals surface area contributed by atoms with Crippen LogP contribution in [0.3, 0.4) is 0 Å². The molecule has 2 aromatic heterocycles. The number of aromatic amines is 1. The molecular formula is C24H29N5O4S. The number of hydrogen-bond acceptors (Lipinski definition) is 6. The van der Waals surface area contributed by atoms with E-state index in [0.29, 0.717) is 22.8 Å². The molecule has 0 saturated carbocycles. The van der Waals surface area contributed by atoms with E-state index in [9.17, 15) is 19.2 Å². The number of nitrogens with zero attached hydrogens (tertiary/aromatic N) is 3. The number of thioether (sulfide) groups is 1. The highest BCUT2D eigenvalue weighted by Crippen LogP contribution is 2.29. The highest BCUT2D eigenvalue weighted by Gasteiger charge is 2.22. The van der Waals surface area contributed by atoms with Gasteiger partial charge in [0.1, 0.15) is 0 Å². The Balaban J connectivity index is 2.17. The van der Waals surface area contributed by atoms with Crippen molar-refractivity contribution < 1.29 is 9.59 Å². The molecule has 9 nitrogen and oxygen atoms in total. The van der Waals surface area contributed by atoms with Crippen LogP contribution in [0.15, 0.2) is 44.8 Å². The first-order valence-electron chi connectivity index (χ1n) is 11.0. The Morgan fingerprint density at radius 2 is 1.82 bits per heavy atom. The van der Waals surface area contributed by atoms with Crippen LogP contribution in [-0.4, -0.2) is 44.7 Å². The van der Waals surface area contributed by atoms with Crippen molar-refractivity contribution in [2.24, 2.45) is 5.92 Å². The van der Waals surface area contributed by atoms with Crippen LogP contribution in [0.2, 0.25) is 0 Å². The molecule has 3 rings (SSSR count). The molecule has 3 aromatic rings. The predicted molar refractivity (Wildman–Crippen MR) is 135 cm³/mol. The number of carbonyl (C=O) groups excluding carboxylic acids is 2. The zero-order valence-electron chi connectivity index (χ0n) is 20.1. The lowest BCUT2D eigenvalue weighted by atomic mass is 10.0. The predicted octanol–water partition coefficient (Wildman–Crippen LogP) is 3.89. The fourth-order valence-electron chi connectivity index (χ4n) is 3.34. The van der Waals surface area contributed by atoms with Crippen molar-refractivity contribution in [3.8, 4) is 0 Å². The summed E-state index contributed by atoms with van der Waals surface area (Å²) in [5.74, 6) is -0.454. The maximum Gasteiger partial charge on any atom is 0.330 e. The number of rotatable bonds is 6. The highest BCUT2D eigenvalue weighted by molar-refractivity contribution is 8.13. The molecule has 0 aliphatic heterocycles. The van der Waals surface area contributed by atoms with E-state index in [2.05, 4.69) is 15.3 Å². The maximum atomic E-state index is 13.5. The molecule has 0 aliphatic rings. The Hall–Kier alpha value is -3.40. The summed E-state index contributed by atoms with van der Waals surface area (Å²) in [5, 5.41) is 2.70. The van der Waals surface area contributed by atoms with Crippen molar-refractivity contribution in [2.45, 2.75) is 45.1 Å². The van der Waals surface area contributed by atoms with Gasteiger partial charge < -0.3 is 10.2 Å². The number of carbonyl (C=O) groups is 2. The smallest absolute Gasteiger partial charge is 0.330 e. The van der Waals surface area contributed by atoms with E-state index >= 15 is 0 Å². The number of fused-ring (bicyclic) bond motifs is 1. The number of hydrogen-bond donors (Lipinski definition) is 2. The van der Waals surface area contributed by atoms with Crippen LogP contribution >= 0.6 is 11.8 Å². The summed E-state index contributed by atoms with van der Waals surface area (Å²) in [6.07, 6.45) is 0. The second kappa shape index (κ2) is 10.3. The van der Waals surface area contributed by atoms with Gasteiger partial charge in [-0.1, -0.05) is 39.8 Å².